The van der Waals surface area contributed by atoms with Crippen LogP contribution < -0.4 is 0 Å². The largest absolute Gasteiger partial charge is 0.340 e. The third-order valence-electron chi connectivity index (χ3n) is 2.96. The third kappa shape index (κ3) is 2.27. The Kier molecular flexibility index (Phi) is 3.17. The number of hydrogen-bond acceptors (Lipinski definition) is 4. The van der Waals surface area contributed by atoms with Crippen LogP contribution in [0.3, 0.4) is 0 Å². The van der Waals surface area contributed by atoms with Crippen molar-refractivity contribution in [2.24, 2.45) is 0 Å². The number of alkyl halides is 1. The lowest BCUT2D eigenvalue weighted by Gasteiger charge is -2.07. The third-order valence-corrected chi connectivity index (χ3v) is 3.16. The lowest BCUT2D eigenvalue weighted by atomic mass is 10.3. The van der Waals surface area contributed by atoms with Crippen LogP contribution in [0, 0.1) is 12.7 Å². The van der Waals surface area contributed by atoms with Gasteiger partial charge in [-0.3, -0.25) is 0 Å². The summed E-state index contributed by atoms with van der Waals surface area (Å²) in [5, 5.41) is 3.54. The predicted octanol–water partition coefficient (Wildman–Crippen LogP) is 3.21. The molecule has 0 aliphatic carbocycles. The summed E-state index contributed by atoms with van der Waals surface area (Å²) in [4.78, 5) is 8.59. The van der Waals surface area contributed by atoms with E-state index in [0.717, 1.165) is 0 Å². The van der Waals surface area contributed by atoms with Crippen LogP contribution in [0.25, 0.3) is 11.0 Å². The molecule has 1 unspecified atom stereocenters. The van der Waals surface area contributed by atoms with E-state index in [0.29, 0.717) is 35.1 Å². The van der Waals surface area contributed by atoms with Crippen molar-refractivity contribution >= 4 is 22.6 Å². The van der Waals surface area contributed by atoms with Gasteiger partial charge >= 0.3 is 0 Å². The van der Waals surface area contributed by atoms with E-state index in [2.05, 4.69) is 15.1 Å². The van der Waals surface area contributed by atoms with E-state index in [1.54, 1.807) is 17.6 Å². The fourth-order valence-corrected chi connectivity index (χ4v) is 2.30. The van der Waals surface area contributed by atoms with E-state index in [4.69, 9.17) is 16.1 Å². The fraction of sp³-hybridized carbons (Fsp3) is 0.308. The molecule has 0 saturated heterocycles. The number of aromatic nitrogens is 4. The molecule has 0 radical (unpaired) electrons. The van der Waals surface area contributed by atoms with Crippen LogP contribution in [0.4, 0.5) is 4.39 Å². The topological polar surface area (TPSA) is 56.7 Å². The van der Waals surface area contributed by atoms with Gasteiger partial charge in [-0.2, -0.15) is 4.98 Å². The minimum Gasteiger partial charge on any atom is -0.340 e. The SMILES string of the molecule is Cc1nc(Cn2c(C(C)Cl)nc3ccc(F)cc32)no1. The molecular formula is C13H12ClFN4O. The molecule has 0 aliphatic heterocycles. The van der Waals surface area contributed by atoms with Crippen LogP contribution in [-0.2, 0) is 6.54 Å². The molecule has 1 atom stereocenters. The average molecular weight is 295 g/mol. The van der Waals surface area contributed by atoms with Gasteiger partial charge in [-0.1, -0.05) is 5.16 Å². The molecule has 0 amide bonds. The predicted molar refractivity (Wildman–Crippen MR) is 72.1 cm³/mol. The van der Waals surface area contributed by atoms with E-state index < -0.39 is 0 Å². The molecule has 2 heterocycles. The zero-order chi connectivity index (χ0) is 14.3. The van der Waals surface area contributed by atoms with Gasteiger partial charge in [0.05, 0.1) is 23.0 Å². The molecule has 5 nitrogen and oxygen atoms in total. The number of halogens is 2. The molecule has 20 heavy (non-hydrogen) atoms. The Hall–Kier alpha value is -1.95. The van der Waals surface area contributed by atoms with Gasteiger partial charge in [0.1, 0.15) is 11.6 Å². The molecule has 0 N–H and O–H groups in total. The highest BCUT2D eigenvalue weighted by Gasteiger charge is 2.17. The van der Waals surface area contributed by atoms with Gasteiger partial charge in [0.2, 0.25) is 5.89 Å². The summed E-state index contributed by atoms with van der Waals surface area (Å²) in [5.74, 6) is 1.31. The first-order chi connectivity index (χ1) is 9.54. The van der Waals surface area contributed by atoms with Gasteiger partial charge < -0.3 is 9.09 Å². The molecule has 1 aromatic carbocycles. The molecule has 3 rings (SSSR count). The summed E-state index contributed by atoms with van der Waals surface area (Å²) >= 11 is 6.15. The maximum Gasteiger partial charge on any atom is 0.223 e. The Morgan fingerprint density at radius 3 is 2.85 bits per heavy atom. The van der Waals surface area contributed by atoms with Crippen LogP contribution in [0.5, 0.6) is 0 Å². The zero-order valence-corrected chi connectivity index (χ0v) is 11.7. The molecule has 0 saturated carbocycles. The van der Waals surface area contributed by atoms with Crippen LogP contribution in [-0.4, -0.2) is 19.7 Å². The summed E-state index contributed by atoms with van der Waals surface area (Å²) in [5.41, 5.74) is 1.35. The molecule has 0 spiro atoms. The maximum absolute atomic E-state index is 13.4. The normalized spacial score (nSPS) is 13.0. The van der Waals surface area contributed by atoms with E-state index in [-0.39, 0.29) is 11.2 Å². The molecule has 0 bridgehead atoms. The van der Waals surface area contributed by atoms with Crippen molar-refractivity contribution in [1.29, 1.82) is 0 Å². The molecule has 7 heteroatoms. The first-order valence-electron chi connectivity index (χ1n) is 6.13. The van der Waals surface area contributed by atoms with Crippen molar-refractivity contribution in [1.82, 2.24) is 19.7 Å². The molecule has 3 aromatic rings. The number of imidazole rings is 1. The number of hydrogen-bond donors (Lipinski definition) is 0. The van der Waals surface area contributed by atoms with Gasteiger partial charge in [0, 0.05) is 6.92 Å². The summed E-state index contributed by atoms with van der Waals surface area (Å²) < 4.78 is 20.2. The highest BCUT2D eigenvalue weighted by atomic mass is 35.5. The van der Waals surface area contributed by atoms with Gasteiger partial charge in [0.15, 0.2) is 5.82 Å². The van der Waals surface area contributed by atoms with Crippen LogP contribution in [0.1, 0.15) is 29.8 Å². The van der Waals surface area contributed by atoms with Crippen molar-refractivity contribution in [3.05, 3.63) is 41.6 Å². The number of aryl methyl sites for hydroxylation is 1. The monoisotopic (exact) mass is 294 g/mol. The minimum atomic E-state index is -0.322. The van der Waals surface area contributed by atoms with E-state index in [9.17, 15) is 4.39 Å². The standard InChI is InChI=1S/C13H12ClFN4O/c1-7(14)13-17-10-4-3-9(15)5-11(10)19(13)6-12-16-8(2)20-18-12/h3-5,7H,6H2,1-2H3. The zero-order valence-electron chi connectivity index (χ0n) is 11.0. The van der Waals surface area contributed by atoms with Crippen molar-refractivity contribution < 1.29 is 8.91 Å². The van der Waals surface area contributed by atoms with Gasteiger partial charge in [-0.15, -0.1) is 11.6 Å². The van der Waals surface area contributed by atoms with Crippen molar-refractivity contribution in [3.8, 4) is 0 Å². The first kappa shape index (κ1) is 13.1. The summed E-state index contributed by atoms with van der Waals surface area (Å²) in [7, 11) is 0. The second kappa shape index (κ2) is 4.86. The number of benzene rings is 1. The second-order valence-electron chi connectivity index (χ2n) is 4.53. The van der Waals surface area contributed by atoms with Crippen LogP contribution >= 0.6 is 11.6 Å². The highest BCUT2D eigenvalue weighted by molar-refractivity contribution is 6.20. The Labute approximate surface area is 119 Å². The Bertz CT molecular complexity index is 765. The number of rotatable bonds is 3. The summed E-state index contributed by atoms with van der Waals surface area (Å²) in [6.45, 7) is 3.87. The van der Waals surface area contributed by atoms with E-state index >= 15 is 0 Å². The summed E-state index contributed by atoms with van der Waals surface area (Å²) in [6, 6.07) is 4.43. The maximum atomic E-state index is 13.4. The van der Waals surface area contributed by atoms with Gasteiger partial charge in [-0.05, 0) is 25.1 Å². The smallest absolute Gasteiger partial charge is 0.223 e. The van der Waals surface area contributed by atoms with E-state index in [1.165, 1.54) is 12.1 Å². The highest BCUT2D eigenvalue weighted by Crippen LogP contribution is 2.25. The van der Waals surface area contributed by atoms with Crippen molar-refractivity contribution in [2.75, 3.05) is 0 Å². The number of nitrogens with zero attached hydrogens (tertiary/aromatic N) is 4. The number of fused-ring (bicyclic) bond motifs is 1. The second-order valence-corrected chi connectivity index (χ2v) is 5.19. The molecule has 104 valence electrons. The van der Waals surface area contributed by atoms with Crippen LogP contribution in [0.15, 0.2) is 22.7 Å². The Morgan fingerprint density at radius 2 is 2.20 bits per heavy atom. The minimum absolute atomic E-state index is 0.307. The van der Waals surface area contributed by atoms with Gasteiger partial charge in [0.25, 0.3) is 0 Å². The Balaban J connectivity index is 2.15. The average Bonchev–Trinajstić information content (AvgIpc) is 2.95. The molecular weight excluding hydrogens is 283 g/mol. The lowest BCUT2D eigenvalue weighted by molar-refractivity contribution is 0.386. The van der Waals surface area contributed by atoms with Crippen molar-refractivity contribution in [2.45, 2.75) is 25.8 Å². The van der Waals surface area contributed by atoms with Crippen molar-refractivity contribution in [3.63, 3.8) is 0 Å². The Morgan fingerprint density at radius 1 is 1.40 bits per heavy atom. The van der Waals surface area contributed by atoms with Gasteiger partial charge in [-0.25, -0.2) is 9.37 Å². The molecule has 2 aromatic heterocycles. The fourth-order valence-electron chi connectivity index (χ4n) is 2.13. The summed E-state index contributed by atoms with van der Waals surface area (Å²) in [6.07, 6.45) is 0. The molecule has 0 fully saturated rings. The lowest BCUT2D eigenvalue weighted by Crippen LogP contribution is -2.07. The molecule has 0 aliphatic rings. The van der Waals surface area contributed by atoms with E-state index in [1.807, 2.05) is 6.92 Å². The van der Waals surface area contributed by atoms with Crippen LogP contribution in [0.2, 0.25) is 0 Å². The quantitative estimate of drug-likeness (QED) is 0.696. The first-order valence-corrected chi connectivity index (χ1v) is 6.57.